The highest BCUT2D eigenvalue weighted by molar-refractivity contribution is 5.89. The summed E-state index contributed by atoms with van der Waals surface area (Å²) in [7, 11) is 0. The maximum atomic E-state index is 14.5. The van der Waals surface area contributed by atoms with Crippen LogP contribution in [0.3, 0.4) is 0 Å². The highest BCUT2D eigenvalue weighted by atomic mass is 16.8. The van der Waals surface area contributed by atoms with Gasteiger partial charge < -0.3 is 71.4 Å². The molecule has 11 rings (SSSR count). The predicted molar refractivity (Wildman–Crippen MR) is 351 cm³/mol. The molecule has 8 aromatic rings. The molecule has 3 fully saturated rings. The summed E-state index contributed by atoms with van der Waals surface area (Å²) in [6.45, 7) is 7.18. The Balaban J connectivity index is 0.960. The minimum Gasteiger partial charge on any atom is -0.450 e. The SMILES string of the molecule is C=CCOC1OC(COC2OC(COCc3ccccc3)C(OCc3ccccc3)C(OCc3ccccc3)C2O)C(OC2OC(COCc3ccccc3)C(OCc3ccccc3)C(OCc3ccccc3)C2C)C(OCc2ccccc2)C1OC(=O)c1ccccc1. The average Bonchev–Trinajstić information content (AvgIpc) is 0.808. The van der Waals surface area contributed by atoms with Crippen molar-refractivity contribution < 1.29 is 76.2 Å². The molecule has 1 N–H and O–H groups in total. The quantitative estimate of drug-likeness (QED) is 0.0305. The molecule has 3 heterocycles. The standard InChI is InChI=1S/C78H84O16/c1-3-44-83-78-74(93-75(80)63-42-26-11-27-43-63)73(88-51-62-40-24-10-25-41-62)71(94-76-55(2)68(84-47-58-32-16-6-17-33-58)69(85-48-59-34-18-7-19-35-59)64(90-76)52-81-45-56-28-12-4-13-29-56)66(92-78)54-89-77-67(79)72(87-50-61-38-22-9-23-39-61)70(86-49-60-36-20-8-21-37-60)65(91-77)53-82-46-57-30-14-5-15-31-57/h3-43,55,64-74,76-79H,1,44-54H2,2H3. The largest absolute Gasteiger partial charge is 0.450 e. The summed E-state index contributed by atoms with van der Waals surface area (Å²) >= 11 is 0. The van der Waals surface area contributed by atoms with Crippen molar-refractivity contribution in [3.8, 4) is 0 Å². The second-order valence-electron chi connectivity index (χ2n) is 23.6. The third-order valence-corrected chi connectivity index (χ3v) is 16.7. The Morgan fingerprint density at radius 1 is 0.372 bits per heavy atom. The Hall–Kier alpha value is -7.59. The molecular weight excluding hydrogens is 1190 g/mol. The molecule has 0 radical (unpaired) electrons. The minimum atomic E-state index is -1.44. The third kappa shape index (κ3) is 19.3. The maximum absolute atomic E-state index is 14.5. The monoisotopic (exact) mass is 1280 g/mol. The number of hydrogen-bond donors (Lipinski definition) is 1. The van der Waals surface area contributed by atoms with Crippen molar-refractivity contribution in [1.29, 1.82) is 0 Å². The van der Waals surface area contributed by atoms with Gasteiger partial charge in [-0.2, -0.15) is 0 Å². The fraction of sp³-hybridized carbons (Fsp3) is 0.346. The second-order valence-corrected chi connectivity index (χ2v) is 23.6. The van der Waals surface area contributed by atoms with Crippen LogP contribution in [0.5, 0.6) is 0 Å². The summed E-state index contributed by atoms with van der Waals surface area (Å²) in [6, 6.07) is 77.5. The summed E-state index contributed by atoms with van der Waals surface area (Å²) < 4.78 is 96.2. The first-order chi connectivity index (χ1) is 46.3. The normalized spacial score (nSPS) is 26.1. The molecular formula is C78H84O16. The van der Waals surface area contributed by atoms with E-state index in [4.69, 9.17) is 66.3 Å². The number of carbonyl (C=O) groups excluding carboxylic acids is 1. The zero-order valence-electron chi connectivity index (χ0n) is 52.9. The first-order valence-electron chi connectivity index (χ1n) is 32.2. The van der Waals surface area contributed by atoms with Gasteiger partial charge in [0.05, 0.1) is 84.3 Å². The summed E-state index contributed by atoms with van der Waals surface area (Å²) in [5.41, 5.74) is 6.77. The van der Waals surface area contributed by atoms with E-state index in [9.17, 15) is 9.90 Å². The smallest absolute Gasteiger partial charge is 0.338 e. The van der Waals surface area contributed by atoms with Gasteiger partial charge in [0, 0.05) is 5.92 Å². The predicted octanol–water partition coefficient (Wildman–Crippen LogP) is 12.3. The lowest BCUT2D eigenvalue weighted by Crippen LogP contribution is -2.65. The first-order valence-corrected chi connectivity index (χ1v) is 32.2. The molecule has 0 saturated carbocycles. The van der Waals surface area contributed by atoms with E-state index in [1.165, 1.54) is 0 Å². The van der Waals surface area contributed by atoms with Crippen LogP contribution < -0.4 is 0 Å². The van der Waals surface area contributed by atoms with Crippen molar-refractivity contribution in [2.45, 2.75) is 139 Å². The molecule has 0 amide bonds. The lowest BCUT2D eigenvalue weighted by molar-refractivity contribution is -0.369. The van der Waals surface area contributed by atoms with Crippen molar-refractivity contribution in [3.63, 3.8) is 0 Å². The third-order valence-electron chi connectivity index (χ3n) is 16.7. The number of carbonyl (C=O) groups is 1. The molecule has 0 aliphatic carbocycles. The molecule has 492 valence electrons. The van der Waals surface area contributed by atoms with Gasteiger partial charge in [-0.25, -0.2) is 4.79 Å². The number of ether oxygens (including phenoxy) is 14. The van der Waals surface area contributed by atoms with Gasteiger partial charge in [-0.1, -0.05) is 244 Å². The molecule has 0 bridgehead atoms. The molecule has 3 aliphatic heterocycles. The summed E-state index contributed by atoms with van der Waals surface area (Å²) in [4.78, 5) is 14.5. The molecule has 8 aromatic carbocycles. The van der Waals surface area contributed by atoms with Crippen LogP contribution in [0.25, 0.3) is 0 Å². The van der Waals surface area contributed by atoms with Gasteiger partial charge >= 0.3 is 5.97 Å². The van der Waals surface area contributed by atoms with Gasteiger partial charge in [0.15, 0.2) is 25.0 Å². The number of aliphatic hydroxyl groups is 1. The fourth-order valence-corrected chi connectivity index (χ4v) is 11.8. The molecule has 15 unspecified atom stereocenters. The van der Waals surface area contributed by atoms with Crippen LogP contribution in [0.4, 0.5) is 0 Å². The summed E-state index contributed by atoms with van der Waals surface area (Å²) in [5.74, 6) is -1.22. The van der Waals surface area contributed by atoms with E-state index in [2.05, 4.69) is 6.58 Å². The second kappa shape index (κ2) is 35.8. The fourth-order valence-electron chi connectivity index (χ4n) is 11.8. The van der Waals surface area contributed by atoms with Crippen molar-refractivity contribution in [2.75, 3.05) is 26.4 Å². The van der Waals surface area contributed by atoms with Gasteiger partial charge in [0.25, 0.3) is 0 Å². The van der Waals surface area contributed by atoms with Crippen molar-refractivity contribution in [3.05, 3.63) is 300 Å². The van der Waals surface area contributed by atoms with Gasteiger partial charge in [-0.05, 0) is 51.1 Å². The van der Waals surface area contributed by atoms with Gasteiger partial charge in [-0.3, -0.25) is 0 Å². The lowest BCUT2D eigenvalue weighted by atomic mass is 9.91. The number of aliphatic hydroxyl groups excluding tert-OH is 1. The molecule has 0 spiro atoms. The van der Waals surface area contributed by atoms with E-state index in [1.54, 1.807) is 30.3 Å². The zero-order chi connectivity index (χ0) is 64.5. The molecule has 3 aliphatic rings. The highest BCUT2D eigenvalue weighted by Crippen LogP contribution is 2.39. The van der Waals surface area contributed by atoms with Crippen LogP contribution in [0.15, 0.2) is 255 Å². The molecule has 16 nitrogen and oxygen atoms in total. The Morgan fingerprint density at radius 2 is 0.713 bits per heavy atom. The minimum absolute atomic E-state index is 0.00723. The Morgan fingerprint density at radius 3 is 1.14 bits per heavy atom. The average molecular weight is 1280 g/mol. The van der Waals surface area contributed by atoms with Gasteiger partial charge in [0.2, 0.25) is 0 Å². The summed E-state index contributed by atoms with van der Waals surface area (Å²) in [6.07, 6.45) is -13.2. The van der Waals surface area contributed by atoms with Crippen LogP contribution in [0.1, 0.15) is 56.2 Å². The van der Waals surface area contributed by atoms with Gasteiger partial charge in [-0.15, -0.1) is 6.58 Å². The highest BCUT2D eigenvalue weighted by Gasteiger charge is 2.55. The summed E-state index contributed by atoms with van der Waals surface area (Å²) in [5, 5.41) is 12.8. The molecule has 94 heavy (non-hydrogen) atoms. The molecule has 3 saturated heterocycles. The Bertz CT molecular complexity index is 3420. The van der Waals surface area contributed by atoms with E-state index in [1.807, 2.05) is 225 Å². The molecule has 0 aromatic heterocycles. The Labute approximate surface area is 551 Å². The molecule has 16 heteroatoms. The van der Waals surface area contributed by atoms with Crippen molar-refractivity contribution in [1.82, 2.24) is 0 Å². The Kier molecular flexibility index (Phi) is 25.8. The maximum Gasteiger partial charge on any atom is 0.338 e. The van der Waals surface area contributed by atoms with Crippen LogP contribution in [0, 0.1) is 5.92 Å². The van der Waals surface area contributed by atoms with E-state index in [0.29, 0.717) is 6.61 Å². The van der Waals surface area contributed by atoms with Crippen LogP contribution >= 0.6 is 0 Å². The first kappa shape index (κ1) is 67.8. The van der Waals surface area contributed by atoms with Crippen molar-refractivity contribution >= 4 is 5.97 Å². The van der Waals surface area contributed by atoms with E-state index in [-0.39, 0.29) is 71.6 Å². The number of rotatable bonds is 33. The van der Waals surface area contributed by atoms with Crippen LogP contribution in [0.2, 0.25) is 0 Å². The van der Waals surface area contributed by atoms with Crippen LogP contribution in [-0.4, -0.2) is 124 Å². The van der Waals surface area contributed by atoms with Crippen LogP contribution in [-0.2, 0) is 113 Å². The molecule has 15 atom stereocenters. The van der Waals surface area contributed by atoms with E-state index >= 15 is 0 Å². The van der Waals surface area contributed by atoms with E-state index in [0.717, 1.165) is 38.9 Å². The topological polar surface area (TPSA) is 167 Å². The van der Waals surface area contributed by atoms with E-state index < -0.39 is 97.9 Å². The number of esters is 1. The number of benzene rings is 8. The van der Waals surface area contributed by atoms with Crippen molar-refractivity contribution in [2.24, 2.45) is 5.92 Å². The van der Waals surface area contributed by atoms with Gasteiger partial charge in [0.1, 0.15) is 54.9 Å². The lowest BCUT2D eigenvalue weighted by Gasteiger charge is -2.50. The zero-order valence-corrected chi connectivity index (χ0v) is 52.9. The number of hydrogen-bond acceptors (Lipinski definition) is 16.